The van der Waals surface area contributed by atoms with Gasteiger partial charge >= 0.3 is 0 Å². The van der Waals surface area contributed by atoms with Crippen LogP contribution >= 0.6 is 0 Å². The first-order valence-corrected chi connectivity index (χ1v) is 11.9. The Kier molecular flexibility index (Phi) is 8.32. The summed E-state index contributed by atoms with van der Waals surface area (Å²) in [5.41, 5.74) is 1.08. The molecule has 1 saturated heterocycles. The molecular formula is C23H28N2O7S. The molecule has 1 aliphatic rings. The highest BCUT2D eigenvalue weighted by Gasteiger charge is 2.29. The van der Waals surface area contributed by atoms with Crippen LogP contribution in [-0.2, 0) is 19.6 Å². The van der Waals surface area contributed by atoms with Crippen molar-refractivity contribution in [2.75, 3.05) is 52.4 Å². The first-order valence-electron chi connectivity index (χ1n) is 10.4. The molecule has 1 heterocycles. The summed E-state index contributed by atoms with van der Waals surface area (Å²) in [7, 11) is -0.728. The van der Waals surface area contributed by atoms with E-state index in [1.165, 1.54) is 23.6 Å². The molecule has 0 saturated carbocycles. The number of anilines is 1. The molecule has 0 bridgehead atoms. The van der Waals surface area contributed by atoms with Gasteiger partial charge in [0.05, 0.1) is 34.0 Å². The van der Waals surface area contributed by atoms with Crippen LogP contribution in [0.3, 0.4) is 0 Å². The predicted octanol–water partition coefficient (Wildman–Crippen LogP) is 2.78. The van der Waals surface area contributed by atoms with Gasteiger partial charge in [-0.25, -0.2) is 8.42 Å². The van der Waals surface area contributed by atoms with Crippen LogP contribution < -0.4 is 19.5 Å². The van der Waals surface area contributed by atoms with Crippen molar-refractivity contribution in [3.8, 4) is 17.2 Å². The lowest BCUT2D eigenvalue weighted by molar-refractivity contribution is -0.111. The molecule has 0 spiro atoms. The van der Waals surface area contributed by atoms with Crippen LogP contribution in [-0.4, -0.2) is 65.8 Å². The molecule has 1 aliphatic heterocycles. The van der Waals surface area contributed by atoms with Gasteiger partial charge in [-0.2, -0.15) is 4.31 Å². The number of ether oxygens (including phenoxy) is 4. The van der Waals surface area contributed by atoms with E-state index in [4.69, 9.17) is 18.9 Å². The third kappa shape index (κ3) is 6.04. The number of methoxy groups -OCH3 is 2. The minimum Gasteiger partial charge on any atom is -0.493 e. The largest absolute Gasteiger partial charge is 0.493 e. The summed E-state index contributed by atoms with van der Waals surface area (Å²) < 4.78 is 49.0. The number of amides is 1. The van der Waals surface area contributed by atoms with Crippen molar-refractivity contribution in [1.29, 1.82) is 0 Å². The fourth-order valence-corrected chi connectivity index (χ4v) is 4.87. The molecule has 10 heteroatoms. The van der Waals surface area contributed by atoms with E-state index in [0.717, 1.165) is 5.56 Å². The SMILES string of the molecule is CCOc1ccc(NC(=O)/C=C/c2ccc(OC)c(OC)c2)cc1S(=O)(=O)N1CCOCC1. The smallest absolute Gasteiger partial charge is 0.248 e. The van der Waals surface area contributed by atoms with Crippen molar-refractivity contribution in [3.63, 3.8) is 0 Å². The van der Waals surface area contributed by atoms with Gasteiger partial charge in [-0.3, -0.25) is 4.79 Å². The average Bonchev–Trinajstić information content (AvgIpc) is 2.84. The molecule has 0 unspecified atom stereocenters. The van der Waals surface area contributed by atoms with Crippen molar-refractivity contribution < 1.29 is 32.2 Å². The maximum atomic E-state index is 13.2. The normalized spacial score (nSPS) is 14.8. The van der Waals surface area contributed by atoms with Gasteiger partial charge in [-0.05, 0) is 48.9 Å². The van der Waals surface area contributed by atoms with E-state index in [1.807, 2.05) is 0 Å². The molecule has 0 aliphatic carbocycles. The molecule has 178 valence electrons. The van der Waals surface area contributed by atoms with E-state index in [0.29, 0.717) is 37.0 Å². The van der Waals surface area contributed by atoms with E-state index in [-0.39, 0.29) is 23.7 Å². The Bertz CT molecular complexity index is 1110. The fraction of sp³-hybridized carbons (Fsp3) is 0.348. The maximum Gasteiger partial charge on any atom is 0.248 e. The molecule has 0 aromatic heterocycles. The second kappa shape index (κ2) is 11.2. The number of benzene rings is 2. The summed E-state index contributed by atoms with van der Waals surface area (Å²) in [6, 6.07) is 9.83. The molecule has 2 aromatic rings. The second-order valence-corrected chi connectivity index (χ2v) is 8.95. The second-order valence-electron chi connectivity index (χ2n) is 7.05. The van der Waals surface area contributed by atoms with Gasteiger partial charge < -0.3 is 24.3 Å². The van der Waals surface area contributed by atoms with Gasteiger partial charge in [0.2, 0.25) is 15.9 Å². The van der Waals surface area contributed by atoms with E-state index in [9.17, 15) is 13.2 Å². The van der Waals surface area contributed by atoms with Gasteiger partial charge in [0.25, 0.3) is 0 Å². The first kappa shape index (κ1) is 24.6. The van der Waals surface area contributed by atoms with Crippen molar-refractivity contribution >= 4 is 27.7 Å². The van der Waals surface area contributed by atoms with Crippen LogP contribution in [0.5, 0.6) is 17.2 Å². The summed E-state index contributed by atoms with van der Waals surface area (Å²) in [5, 5.41) is 2.70. The zero-order chi connectivity index (χ0) is 23.8. The minimum atomic E-state index is -3.81. The Hall–Kier alpha value is -3.08. The van der Waals surface area contributed by atoms with Crippen LogP contribution in [0.25, 0.3) is 6.08 Å². The van der Waals surface area contributed by atoms with E-state index < -0.39 is 15.9 Å². The Morgan fingerprint density at radius 2 is 1.76 bits per heavy atom. The molecule has 1 amide bonds. The lowest BCUT2D eigenvalue weighted by Gasteiger charge is -2.27. The van der Waals surface area contributed by atoms with Crippen molar-refractivity contribution in [1.82, 2.24) is 4.31 Å². The summed E-state index contributed by atoms with van der Waals surface area (Å²) >= 11 is 0. The fourth-order valence-electron chi connectivity index (χ4n) is 3.30. The summed E-state index contributed by atoms with van der Waals surface area (Å²) in [6.07, 6.45) is 2.98. The maximum absolute atomic E-state index is 13.2. The van der Waals surface area contributed by atoms with Gasteiger partial charge in [-0.1, -0.05) is 6.07 Å². The highest BCUT2D eigenvalue weighted by Crippen LogP contribution is 2.31. The van der Waals surface area contributed by atoms with Crippen LogP contribution in [0.1, 0.15) is 12.5 Å². The van der Waals surface area contributed by atoms with Crippen LogP contribution in [0.2, 0.25) is 0 Å². The number of hydrogen-bond donors (Lipinski definition) is 1. The van der Waals surface area contributed by atoms with Crippen molar-refractivity contribution in [3.05, 3.63) is 48.0 Å². The number of carbonyl (C=O) groups is 1. The van der Waals surface area contributed by atoms with Crippen LogP contribution in [0, 0.1) is 0 Å². The third-order valence-corrected chi connectivity index (χ3v) is 6.85. The van der Waals surface area contributed by atoms with Crippen molar-refractivity contribution in [2.24, 2.45) is 0 Å². The lowest BCUT2D eigenvalue weighted by atomic mass is 10.2. The number of rotatable bonds is 9. The molecule has 2 aromatic carbocycles. The molecule has 1 N–H and O–H groups in total. The van der Waals surface area contributed by atoms with Crippen molar-refractivity contribution in [2.45, 2.75) is 11.8 Å². The Morgan fingerprint density at radius 3 is 2.42 bits per heavy atom. The van der Waals surface area contributed by atoms with Gasteiger partial charge in [0.15, 0.2) is 11.5 Å². The topological polar surface area (TPSA) is 103 Å². The average molecular weight is 477 g/mol. The van der Waals surface area contributed by atoms with E-state index in [1.54, 1.807) is 50.4 Å². The molecule has 3 rings (SSSR count). The number of morpholine rings is 1. The molecule has 0 atom stereocenters. The number of carbonyl (C=O) groups excluding carboxylic acids is 1. The van der Waals surface area contributed by atoms with E-state index in [2.05, 4.69) is 5.32 Å². The summed E-state index contributed by atoms with van der Waals surface area (Å²) in [5.74, 6) is 0.957. The summed E-state index contributed by atoms with van der Waals surface area (Å²) in [6.45, 7) is 3.28. The zero-order valence-corrected chi connectivity index (χ0v) is 19.7. The predicted molar refractivity (Wildman–Crippen MR) is 124 cm³/mol. The summed E-state index contributed by atoms with van der Waals surface area (Å²) in [4.78, 5) is 12.5. The monoisotopic (exact) mass is 476 g/mol. The number of nitrogens with one attached hydrogen (secondary N) is 1. The third-order valence-electron chi connectivity index (χ3n) is 4.93. The first-order chi connectivity index (χ1) is 15.9. The number of sulfonamides is 1. The highest BCUT2D eigenvalue weighted by molar-refractivity contribution is 7.89. The van der Waals surface area contributed by atoms with Gasteiger partial charge in [-0.15, -0.1) is 0 Å². The van der Waals surface area contributed by atoms with Crippen LogP contribution in [0.15, 0.2) is 47.4 Å². The van der Waals surface area contributed by atoms with E-state index >= 15 is 0 Å². The Balaban J connectivity index is 1.80. The molecule has 9 nitrogen and oxygen atoms in total. The number of hydrogen-bond acceptors (Lipinski definition) is 7. The quantitative estimate of drug-likeness (QED) is 0.555. The Labute approximate surface area is 193 Å². The molecule has 33 heavy (non-hydrogen) atoms. The van der Waals surface area contributed by atoms with Crippen LogP contribution in [0.4, 0.5) is 5.69 Å². The zero-order valence-electron chi connectivity index (χ0n) is 18.9. The minimum absolute atomic E-state index is 0.00733. The lowest BCUT2D eigenvalue weighted by Crippen LogP contribution is -2.40. The highest BCUT2D eigenvalue weighted by atomic mass is 32.2. The number of nitrogens with zero attached hydrogens (tertiary/aromatic N) is 1. The molecular weight excluding hydrogens is 448 g/mol. The molecule has 0 radical (unpaired) electrons. The van der Waals surface area contributed by atoms with Gasteiger partial charge in [0, 0.05) is 24.9 Å². The molecule has 1 fully saturated rings. The standard InChI is InChI=1S/C23H28N2O7S/c1-4-32-20-9-7-18(16-22(20)33(27,28)25-11-13-31-14-12-25)24-23(26)10-6-17-5-8-19(29-2)21(15-17)30-3/h5-10,15-16H,4,11-14H2,1-3H3,(H,24,26)/b10-6+. The Morgan fingerprint density at radius 1 is 1.06 bits per heavy atom. The van der Waals surface area contributed by atoms with Gasteiger partial charge in [0.1, 0.15) is 10.6 Å².